The van der Waals surface area contributed by atoms with Crippen molar-refractivity contribution < 1.29 is 4.79 Å². The predicted molar refractivity (Wildman–Crippen MR) is 80.8 cm³/mol. The van der Waals surface area contributed by atoms with Gasteiger partial charge in [0.05, 0.1) is 5.52 Å². The fourth-order valence-electron chi connectivity index (χ4n) is 3.49. The molecule has 0 aliphatic heterocycles. The van der Waals surface area contributed by atoms with Crippen molar-refractivity contribution >= 4 is 16.7 Å². The SMILES string of the molecule is CCC1CCCC(C(=O)c2nn(C)c3ccccc23)C1. The molecule has 1 aromatic heterocycles. The van der Waals surface area contributed by atoms with E-state index in [0.29, 0.717) is 11.6 Å². The lowest BCUT2D eigenvalue weighted by Crippen LogP contribution is -2.23. The summed E-state index contributed by atoms with van der Waals surface area (Å²) >= 11 is 0. The van der Waals surface area contributed by atoms with Crippen LogP contribution in [0.1, 0.15) is 49.5 Å². The smallest absolute Gasteiger partial charge is 0.186 e. The van der Waals surface area contributed by atoms with E-state index < -0.39 is 0 Å². The van der Waals surface area contributed by atoms with Gasteiger partial charge >= 0.3 is 0 Å². The first-order valence-electron chi connectivity index (χ1n) is 7.66. The molecule has 20 heavy (non-hydrogen) atoms. The molecule has 2 unspecified atom stereocenters. The zero-order chi connectivity index (χ0) is 14.1. The highest BCUT2D eigenvalue weighted by Crippen LogP contribution is 2.34. The molecule has 3 rings (SSSR count). The molecule has 0 radical (unpaired) electrons. The summed E-state index contributed by atoms with van der Waals surface area (Å²) in [6, 6.07) is 8.01. The van der Waals surface area contributed by atoms with Gasteiger partial charge in [-0.3, -0.25) is 9.48 Å². The number of aryl methyl sites for hydroxylation is 1. The highest BCUT2D eigenvalue weighted by Gasteiger charge is 2.29. The molecule has 106 valence electrons. The van der Waals surface area contributed by atoms with Crippen molar-refractivity contribution in [1.29, 1.82) is 0 Å². The summed E-state index contributed by atoms with van der Waals surface area (Å²) in [5, 5.41) is 5.48. The normalized spacial score (nSPS) is 23.1. The molecular formula is C17H22N2O. The summed E-state index contributed by atoms with van der Waals surface area (Å²) in [5.41, 5.74) is 1.71. The Morgan fingerprint density at radius 1 is 1.35 bits per heavy atom. The maximum Gasteiger partial charge on any atom is 0.186 e. The van der Waals surface area contributed by atoms with E-state index in [1.54, 1.807) is 0 Å². The summed E-state index contributed by atoms with van der Waals surface area (Å²) in [7, 11) is 1.91. The number of carbonyl (C=O) groups is 1. The zero-order valence-corrected chi connectivity index (χ0v) is 12.3. The van der Waals surface area contributed by atoms with Crippen molar-refractivity contribution in [2.45, 2.75) is 39.0 Å². The van der Waals surface area contributed by atoms with Gasteiger partial charge < -0.3 is 0 Å². The van der Waals surface area contributed by atoms with Gasteiger partial charge in [-0.25, -0.2) is 0 Å². The molecule has 2 atom stereocenters. The van der Waals surface area contributed by atoms with Gasteiger partial charge in [0.2, 0.25) is 0 Å². The Bertz CT molecular complexity index is 629. The van der Waals surface area contributed by atoms with Crippen LogP contribution in [0.3, 0.4) is 0 Å². The van der Waals surface area contributed by atoms with Gasteiger partial charge in [0.1, 0.15) is 5.69 Å². The van der Waals surface area contributed by atoms with Crippen LogP contribution in [-0.4, -0.2) is 15.6 Å². The van der Waals surface area contributed by atoms with Crippen LogP contribution < -0.4 is 0 Å². The standard InChI is InChI=1S/C17H22N2O/c1-3-12-7-6-8-13(11-12)17(20)16-14-9-4-5-10-15(14)19(2)18-16/h4-5,9-10,12-13H,3,6-8,11H2,1-2H3. The number of aromatic nitrogens is 2. The number of ketones is 1. The molecule has 1 aliphatic carbocycles. The fraction of sp³-hybridized carbons (Fsp3) is 0.529. The summed E-state index contributed by atoms with van der Waals surface area (Å²) in [6.45, 7) is 2.23. The van der Waals surface area contributed by atoms with Crippen molar-refractivity contribution in [3.8, 4) is 0 Å². The molecule has 1 aliphatic rings. The van der Waals surface area contributed by atoms with E-state index in [1.165, 1.54) is 19.3 Å². The lowest BCUT2D eigenvalue weighted by Gasteiger charge is -2.26. The first-order chi connectivity index (χ1) is 9.70. The number of nitrogens with zero attached hydrogens (tertiary/aromatic N) is 2. The highest BCUT2D eigenvalue weighted by atomic mass is 16.1. The number of rotatable bonds is 3. The van der Waals surface area contributed by atoms with Crippen molar-refractivity contribution in [1.82, 2.24) is 9.78 Å². The van der Waals surface area contributed by atoms with Crippen LogP contribution in [0.2, 0.25) is 0 Å². The van der Waals surface area contributed by atoms with Gasteiger partial charge in [0.15, 0.2) is 5.78 Å². The van der Waals surface area contributed by atoms with Gasteiger partial charge in [-0.05, 0) is 24.8 Å². The largest absolute Gasteiger partial charge is 0.292 e. The third-order valence-electron chi connectivity index (χ3n) is 4.72. The number of para-hydroxylation sites is 1. The second kappa shape index (κ2) is 5.39. The Labute approximate surface area is 120 Å². The van der Waals surface area contributed by atoms with Crippen LogP contribution in [0.5, 0.6) is 0 Å². The van der Waals surface area contributed by atoms with Crippen molar-refractivity contribution in [2.24, 2.45) is 18.9 Å². The first-order valence-corrected chi connectivity index (χ1v) is 7.66. The van der Waals surface area contributed by atoms with Crippen LogP contribution in [0, 0.1) is 11.8 Å². The van der Waals surface area contributed by atoms with Crippen molar-refractivity contribution in [2.75, 3.05) is 0 Å². The van der Waals surface area contributed by atoms with E-state index in [1.807, 2.05) is 36.0 Å². The second-order valence-electron chi connectivity index (χ2n) is 5.99. The molecule has 2 aromatic rings. The van der Waals surface area contributed by atoms with E-state index in [0.717, 1.165) is 23.7 Å². The number of Topliss-reactive ketones (excluding diaryl/α,β-unsaturated/α-hetero) is 1. The van der Waals surface area contributed by atoms with Crippen LogP contribution in [0.25, 0.3) is 10.9 Å². The molecule has 1 heterocycles. The quantitative estimate of drug-likeness (QED) is 0.791. The average Bonchev–Trinajstić information content (AvgIpc) is 2.84. The maximum atomic E-state index is 12.8. The summed E-state index contributed by atoms with van der Waals surface area (Å²) in [4.78, 5) is 12.8. The van der Waals surface area contributed by atoms with E-state index in [2.05, 4.69) is 12.0 Å². The van der Waals surface area contributed by atoms with E-state index in [-0.39, 0.29) is 11.7 Å². The Hall–Kier alpha value is -1.64. The van der Waals surface area contributed by atoms with Crippen LogP contribution in [0.4, 0.5) is 0 Å². The summed E-state index contributed by atoms with van der Waals surface area (Å²) in [6.07, 6.45) is 5.72. The predicted octanol–water partition coefficient (Wildman–Crippen LogP) is 3.97. The Morgan fingerprint density at radius 3 is 2.95 bits per heavy atom. The van der Waals surface area contributed by atoms with Gasteiger partial charge in [-0.15, -0.1) is 0 Å². The number of benzene rings is 1. The topological polar surface area (TPSA) is 34.9 Å². The van der Waals surface area contributed by atoms with Crippen molar-refractivity contribution in [3.05, 3.63) is 30.0 Å². The maximum absolute atomic E-state index is 12.8. The minimum atomic E-state index is 0.173. The second-order valence-corrected chi connectivity index (χ2v) is 5.99. The third kappa shape index (κ3) is 2.26. The number of hydrogen-bond acceptors (Lipinski definition) is 2. The third-order valence-corrected chi connectivity index (χ3v) is 4.72. The zero-order valence-electron chi connectivity index (χ0n) is 12.3. The van der Waals surface area contributed by atoms with E-state index in [9.17, 15) is 4.79 Å². The number of fused-ring (bicyclic) bond motifs is 1. The minimum absolute atomic E-state index is 0.173. The van der Waals surface area contributed by atoms with Crippen molar-refractivity contribution in [3.63, 3.8) is 0 Å². The van der Waals surface area contributed by atoms with E-state index in [4.69, 9.17) is 0 Å². The van der Waals surface area contributed by atoms with Crippen LogP contribution in [0.15, 0.2) is 24.3 Å². The van der Waals surface area contributed by atoms with Gasteiger partial charge in [0.25, 0.3) is 0 Å². The van der Waals surface area contributed by atoms with Crippen LogP contribution in [-0.2, 0) is 7.05 Å². The molecule has 3 nitrogen and oxygen atoms in total. The molecule has 1 aromatic carbocycles. The molecule has 0 saturated heterocycles. The molecule has 0 spiro atoms. The van der Waals surface area contributed by atoms with Crippen LogP contribution >= 0.6 is 0 Å². The highest BCUT2D eigenvalue weighted by molar-refractivity contribution is 6.07. The summed E-state index contributed by atoms with van der Waals surface area (Å²) in [5.74, 6) is 1.14. The fourth-order valence-corrected chi connectivity index (χ4v) is 3.49. The lowest BCUT2D eigenvalue weighted by atomic mass is 9.77. The Kier molecular flexibility index (Phi) is 3.60. The number of carbonyl (C=O) groups excluding carboxylic acids is 1. The Morgan fingerprint density at radius 2 is 2.15 bits per heavy atom. The van der Waals surface area contributed by atoms with E-state index >= 15 is 0 Å². The van der Waals surface area contributed by atoms with Gasteiger partial charge in [-0.2, -0.15) is 5.10 Å². The average molecular weight is 270 g/mol. The molecule has 0 bridgehead atoms. The molecule has 0 amide bonds. The monoisotopic (exact) mass is 270 g/mol. The summed E-state index contributed by atoms with van der Waals surface area (Å²) < 4.78 is 1.82. The molecule has 1 saturated carbocycles. The van der Waals surface area contributed by atoms with Gasteiger partial charge in [-0.1, -0.05) is 44.4 Å². The molecule has 0 N–H and O–H groups in total. The Balaban J connectivity index is 1.92. The lowest BCUT2D eigenvalue weighted by molar-refractivity contribution is 0.0857. The molecule has 1 fully saturated rings. The first kappa shape index (κ1) is 13.3. The molecule has 3 heteroatoms. The van der Waals surface area contributed by atoms with Gasteiger partial charge in [0, 0.05) is 18.4 Å². The minimum Gasteiger partial charge on any atom is -0.292 e. The molecular weight excluding hydrogens is 248 g/mol. The number of hydrogen-bond donors (Lipinski definition) is 0.